The monoisotopic (exact) mass is 416 g/mol. The van der Waals surface area contributed by atoms with E-state index >= 15 is 0 Å². The van der Waals surface area contributed by atoms with E-state index in [4.69, 9.17) is 11.6 Å². The van der Waals surface area contributed by atoms with Gasteiger partial charge in [0.05, 0.1) is 15.5 Å². The second kappa shape index (κ2) is 7.44. The average molecular weight is 418 g/mol. The second-order valence-electron chi connectivity index (χ2n) is 4.66. The highest BCUT2D eigenvalue weighted by atomic mass is 79.9. The van der Waals surface area contributed by atoms with Crippen molar-refractivity contribution in [1.29, 1.82) is 0 Å². The summed E-state index contributed by atoms with van der Waals surface area (Å²) < 4.78 is 26.5. The van der Waals surface area contributed by atoms with Crippen LogP contribution in [0.3, 0.4) is 0 Å². The van der Waals surface area contributed by atoms with Gasteiger partial charge in [0.1, 0.15) is 0 Å². The van der Waals surface area contributed by atoms with Crippen molar-refractivity contribution >= 4 is 43.5 Å². The van der Waals surface area contributed by atoms with Gasteiger partial charge in [-0.1, -0.05) is 39.7 Å². The number of hydrogen-bond acceptors (Lipinski definition) is 3. The summed E-state index contributed by atoms with van der Waals surface area (Å²) in [4.78, 5) is 12.3. The summed E-state index contributed by atoms with van der Waals surface area (Å²) in [5.74, 6) is -0.335. The molecule has 0 radical (unpaired) electrons. The molecule has 0 bridgehead atoms. The van der Waals surface area contributed by atoms with Gasteiger partial charge in [-0.05, 0) is 42.9 Å². The van der Waals surface area contributed by atoms with Gasteiger partial charge in [0.25, 0.3) is 5.91 Å². The number of benzene rings is 2. The van der Waals surface area contributed by atoms with Crippen molar-refractivity contribution in [1.82, 2.24) is 10.0 Å². The van der Waals surface area contributed by atoms with Crippen LogP contribution in [0.4, 0.5) is 0 Å². The molecule has 0 saturated heterocycles. The summed E-state index contributed by atoms with van der Waals surface area (Å²) >= 11 is 9.30. The van der Waals surface area contributed by atoms with Crippen molar-refractivity contribution in [3.05, 3.63) is 63.1 Å². The first-order valence-electron chi connectivity index (χ1n) is 6.59. The molecule has 8 heteroatoms. The van der Waals surface area contributed by atoms with Crippen molar-refractivity contribution in [2.45, 2.75) is 11.4 Å². The smallest absolute Gasteiger partial charge is 0.253 e. The molecule has 2 aromatic rings. The highest BCUT2D eigenvalue weighted by Gasteiger charge is 2.13. The molecule has 0 unspecified atom stereocenters. The Morgan fingerprint density at radius 2 is 1.96 bits per heavy atom. The summed E-state index contributed by atoms with van der Waals surface area (Å²) in [6.45, 7) is 0.189. The fraction of sp³-hybridized carbons (Fsp3) is 0.133. The highest BCUT2D eigenvalue weighted by Crippen LogP contribution is 2.21. The number of carbonyl (C=O) groups is 1. The van der Waals surface area contributed by atoms with Crippen molar-refractivity contribution in [3.8, 4) is 0 Å². The molecule has 0 heterocycles. The van der Waals surface area contributed by atoms with E-state index in [-0.39, 0.29) is 17.3 Å². The first-order valence-corrected chi connectivity index (χ1v) is 9.24. The van der Waals surface area contributed by atoms with Crippen LogP contribution in [-0.2, 0) is 16.6 Å². The van der Waals surface area contributed by atoms with Crippen LogP contribution >= 0.6 is 27.5 Å². The van der Waals surface area contributed by atoms with Gasteiger partial charge < -0.3 is 5.32 Å². The molecular weight excluding hydrogens is 404 g/mol. The van der Waals surface area contributed by atoms with Crippen molar-refractivity contribution in [2.24, 2.45) is 0 Å². The third kappa shape index (κ3) is 4.54. The van der Waals surface area contributed by atoms with E-state index in [9.17, 15) is 13.2 Å². The molecule has 1 amide bonds. The maximum atomic E-state index is 12.2. The van der Waals surface area contributed by atoms with E-state index in [1.807, 2.05) is 0 Å². The molecule has 0 aliphatic heterocycles. The lowest BCUT2D eigenvalue weighted by atomic mass is 10.2. The number of rotatable bonds is 5. The van der Waals surface area contributed by atoms with E-state index in [1.165, 1.54) is 19.2 Å². The van der Waals surface area contributed by atoms with E-state index in [0.717, 1.165) is 4.47 Å². The Labute approximate surface area is 148 Å². The van der Waals surface area contributed by atoms with Crippen LogP contribution in [0.25, 0.3) is 0 Å². The van der Waals surface area contributed by atoms with E-state index < -0.39 is 10.0 Å². The lowest BCUT2D eigenvalue weighted by Crippen LogP contribution is -2.23. The van der Waals surface area contributed by atoms with Crippen LogP contribution in [0.1, 0.15) is 15.9 Å². The third-order valence-corrected chi connectivity index (χ3v) is 5.34. The van der Waals surface area contributed by atoms with Crippen molar-refractivity contribution in [2.75, 3.05) is 7.05 Å². The van der Waals surface area contributed by atoms with E-state index in [0.29, 0.717) is 16.1 Å². The fourth-order valence-electron chi connectivity index (χ4n) is 1.89. The molecule has 122 valence electrons. The Kier molecular flexibility index (Phi) is 5.80. The Bertz CT molecular complexity index is 840. The number of nitrogens with one attached hydrogen (secondary N) is 2. The largest absolute Gasteiger partial charge is 0.348 e. The SMILES string of the molecule is CNS(=O)(=O)c1cccc(CNC(=O)c2cc(Br)ccc2Cl)c1. The van der Waals surface area contributed by atoms with Crippen LogP contribution in [0.5, 0.6) is 0 Å². The topological polar surface area (TPSA) is 75.3 Å². The molecule has 5 nitrogen and oxygen atoms in total. The summed E-state index contributed by atoms with van der Waals surface area (Å²) in [6.07, 6.45) is 0. The average Bonchev–Trinajstić information content (AvgIpc) is 2.55. The zero-order valence-electron chi connectivity index (χ0n) is 12.1. The molecule has 2 N–H and O–H groups in total. The fourth-order valence-corrected chi connectivity index (χ4v) is 3.25. The van der Waals surface area contributed by atoms with Gasteiger partial charge in [-0.2, -0.15) is 0 Å². The van der Waals surface area contributed by atoms with Gasteiger partial charge in [0.2, 0.25) is 10.0 Å². The predicted octanol–water partition coefficient (Wildman–Crippen LogP) is 2.94. The predicted molar refractivity (Wildman–Crippen MR) is 93.0 cm³/mol. The minimum atomic E-state index is -3.51. The lowest BCUT2D eigenvalue weighted by Gasteiger charge is -2.09. The zero-order valence-corrected chi connectivity index (χ0v) is 15.3. The molecule has 0 aliphatic carbocycles. The summed E-state index contributed by atoms with van der Waals surface area (Å²) in [5.41, 5.74) is 1.01. The van der Waals surface area contributed by atoms with E-state index in [2.05, 4.69) is 26.0 Å². The van der Waals surface area contributed by atoms with Gasteiger partial charge in [-0.3, -0.25) is 4.79 Å². The Balaban J connectivity index is 2.14. The van der Waals surface area contributed by atoms with Gasteiger partial charge in [-0.15, -0.1) is 0 Å². The normalized spacial score (nSPS) is 11.3. The van der Waals surface area contributed by atoms with Crippen molar-refractivity contribution < 1.29 is 13.2 Å². The summed E-state index contributed by atoms with van der Waals surface area (Å²) in [5, 5.41) is 3.07. The maximum absolute atomic E-state index is 12.2. The van der Waals surface area contributed by atoms with Gasteiger partial charge in [0.15, 0.2) is 0 Å². The first-order chi connectivity index (χ1) is 10.8. The van der Waals surface area contributed by atoms with Crippen LogP contribution in [0, 0.1) is 0 Å². The van der Waals surface area contributed by atoms with Crippen molar-refractivity contribution in [3.63, 3.8) is 0 Å². The molecule has 0 fully saturated rings. The molecule has 0 aliphatic rings. The number of carbonyl (C=O) groups excluding carboxylic acids is 1. The maximum Gasteiger partial charge on any atom is 0.253 e. The van der Waals surface area contributed by atoms with Crippen LogP contribution < -0.4 is 10.0 Å². The van der Waals surface area contributed by atoms with Gasteiger partial charge >= 0.3 is 0 Å². The summed E-state index contributed by atoms with van der Waals surface area (Å²) in [6, 6.07) is 11.3. The standard InChI is InChI=1S/C15H14BrClN2O3S/c1-18-23(21,22)12-4-2-3-10(7-12)9-19-15(20)13-8-11(16)5-6-14(13)17/h2-8,18H,9H2,1H3,(H,19,20). The summed E-state index contributed by atoms with van der Waals surface area (Å²) in [7, 11) is -2.17. The van der Waals surface area contributed by atoms with Crippen LogP contribution in [0.2, 0.25) is 5.02 Å². The second-order valence-corrected chi connectivity index (χ2v) is 7.87. The first kappa shape index (κ1) is 17.9. The molecular formula is C15H14BrClN2O3S. The van der Waals surface area contributed by atoms with Gasteiger partial charge in [-0.25, -0.2) is 13.1 Å². The zero-order chi connectivity index (χ0) is 17.0. The molecule has 0 saturated carbocycles. The lowest BCUT2D eigenvalue weighted by molar-refractivity contribution is 0.0951. The molecule has 0 aromatic heterocycles. The van der Waals surface area contributed by atoms with Gasteiger partial charge in [0, 0.05) is 11.0 Å². The highest BCUT2D eigenvalue weighted by molar-refractivity contribution is 9.10. The Morgan fingerprint density at radius 1 is 1.22 bits per heavy atom. The molecule has 2 aromatic carbocycles. The molecule has 23 heavy (non-hydrogen) atoms. The molecule has 0 atom stereocenters. The molecule has 2 rings (SSSR count). The minimum absolute atomic E-state index is 0.146. The van der Waals surface area contributed by atoms with Crippen LogP contribution in [-0.4, -0.2) is 21.4 Å². The number of hydrogen-bond donors (Lipinski definition) is 2. The van der Waals surface area contributed by atoms with E-state index in [1.54, 1.807) is 30.3 Å². The van der Waals surface area contributed by atoms with Crippen LogP contribution in [0.15, 0.2) is 51.8 Å². The Morgan fingerprint density at radius 3 is 2.65 bits per heavy atom. The number of amides is 1. The number of halogens is 2. The molecule has 0 spiro atoms. The quantitative estimate of drug-likeness (QED) is 0.785. The third-order valence-electron chi connectivity index (χ3n) is 3.10. The Hall–Kier alpha value is -1.41. The number of sulfonamides is 1. The minimum Gasteiger partial charge on any atom is -0.348 e.